The van der Waals surface area contributed by atoms with Gasteiger partial charge in [0.2, 0.25) is 0 Å². The summed E-state index contributed by atoms with van der Waals surface area (Å²) in [5, 5.41) is 4.44. The lowest BCUT2D eigenvalue weighted by molar-refractivity contribution is 0.724. The molecule has 0 amide bonds. The first-order valence-corrected chi connectivity index (χ1v) is 5.27. The minimum atomic E-state index is 0.885. The maximum Gasteiger partial charge on any atom is 0.108 e. The second-order valence-corrected chi connectivity index (χ2v) is 3.97. The van der Waals surface area contributed by atoms with Crippen molar-refractivity contribution >= 4 is 21.6 Å². The SMILES string of the molecule is CCNCc1nc2ccccc2s1. The molecule has 2 rings (SSSR count). The van der Waals surface area contributed by atoms with Crippen LogP contribution in [-0.2, 0) is 6.54 Å². The smallest absolute Gasteiger partial charge is 0.108 e. The molecule has 0 unspecified atom stereocenters. The lowest BCUT2D eigenvalue weighted by atomic mass is 10.3. The molecule has 0 aliphatic rings. The van der Waals surface area contributed by atoms with Gasteiger partial charge in [-0.15, -0.1) is 11.3 Å². The molecule has 0 saturated carbocycles. The molecule has 0 aliphatic heterocycles. The summed E-state index contributed by atoms with van der Waals surface area (Å²) in [7, 11) is 0. The number of thiazole rings is 1. The number of nitrogens with zero attached hydrogens (tertiary/aromatic N) is 1. The van der Waals surface area contributed by atoms with Crippen molar-refractivity contribution in [2.24, 2.45) is 0 Å². The number of para-hydroxylation sites is 1. The Morgan fingerprint density at radius 3 is 3.00 bits per heavy atom. The van der Waals surface area contributed by atoms with E-state index in [-0.39, 0.29) is 0 Å². The predicted octanol–water partition coefficient (Wildman–Crippen LogP) is 2.41. The third-order valence-electron chi connectivity index (χ3n) is 1.86. The molecule has 0 radical (unpaired) electrons. The van der Waals surface area contributed by atoms with Crippen LogP contribution in [0.2, 0.25) is 0 Å². The first-order chi connectivity index (χ1) is 6.40. The third kappa shape index (κ3) is 1.87. The van der Waals surface area contributed by atoms with E-state index in [1.807, 2.05) is 6.07 Å². The molecule has 3 heteroatoms. The van der Waals surface area contributed by atoms with Crippen molar-refractivity contribution < 1.29 is 0 Å². The Kier molecular flexibility index (Phi) is 2.57. The molecular weight excluding hydrogens is 180 g/mol. The molecule has 2 aromatic rings. The number of hydrogen-bond acceptors (Lipinski definition) is 3. The number of rotatable bonds is 3. The lowest BCUT2D eigenvalue weighted by Gasteiger charge is -1.93. The molecule has 1 N–H and O–H groups in total. The summed E-state index contributed by atoms with van der Waals surface area (Å²) in [6, 6.07) is 8.25. The van der Waals surface area contributed by atoms with Crippen LogP contribution in [-0.4, -0.2) is 11.5 Å². The second kappa shape index (κ2) is 3.85. The quantitative estimate of drug-likeness (QED) is 0.807. The van der Waals surface area contributed by atoms with Crippen LogP contribution >= 0.6 is 11.3 Å². The van der Waals surface area contributed by atoms with Gasteiger partial charge < -0.3 is 5.32 Å². The first kappa shape index (κ1) is 8.66. The Morgan fingerprint density at radius 2 is 2.23 bits per heavy atom. The largest absolute Gasteiger partial charge is 0.311 e. The molecule has 13 heavy (non-hydrogen) atoms. The molecule has 0 atom stereocenters. The van der Waals surface area contributed by atoms with E-state index < -0.39 is 0 Å². The Labute approximate surface area is 81.6 Å². The van der Waals surface area contributed by atoms with Gasteiger partial charge in [0.25, 0.3) is 0 Å². The van der Waals surface area contributed by atoms with Crippen molar-refractivity contribution in [2.75, 3.05) is 6.54 Å². The summed E-state index contributed by atoms with van der Waals surface area (Å²) in [4.78, 5) is 4.51. The fraction of sp³-hybridized carbons (Fsp3) is 0.300. The first-order valence-electron chi connectivity index (χ1n) is 4.45. The fourth-order valence-electron chi connectivity index (χ4n) is 1.23. The van der Waals surface area contributed by atoms with Gasteiger partial charge in [0.15, 0.2) is 0 Å². The Morgan fingerprint density at radius 1 is 1.38 bits per heavy atom. The van der Waals surface area contributed by atoms with Crippen LogP contribution in [0.15, 0.2) is 24.3 Å². The minimum Gasteiger partial charge on any atom is -0.311 e. The van der Waals surface area contributed by atoms with E-state index in [1.165, 1.54) is 9.71 Å². The van der Waals surface area contributed by atoms with Crippen LogP contribution in [0, 0.1) is 0 Å². The summed E-state index contributed by atoms with van der Waals surface area (Å²) in [6.45, 7) is 3.99. The van der Waals surface area contributed by atoms with Gasteiger partial charge in [-0.1, -0.05) is 19.1 Å². The van der Waals surface area contributed by atoms with E-state index in [4.69, 9.17) is 0 Å². The fourth-order valence-corrected chi connectivity index (χ4v) is 2.16. The van der Waals surface area contributed by atoms with Gasteiger partial charge in [0.1, 0.15) is 5.01 Å². The summed E-state index contributed by atoms with van der Waals surface area (Å²) >= 11 is 1.76. The van der Waals surface area contributed by atoms with Gasteiger partial charge in [-0.2, -0.15) is 0 Å². The Balaban J connectivity index is 2.28. The highest BCUT2D eigenvalue weighted by Gasteiger charge is 2.00. The van der Waals surface area contributed by atoms with E-state index in [9.17, 15) is 0 Å². The van der Waals surface area contributed by atoms with Gasteiger partial charge in [-0.3, -0.25) is 0 Å². The maximum absolute atomic E-state index is 4.51. The normalized spacial score (nSPS) is 10.8. The zero-order chi connectivity index (χ0) is 9.10. The van der Waals surface area contributed by atoms with Crippen molar-refractivity contribution in [3.8, 4) is 0 Å². The molecule has 0 spiro atoms. The van der Waals surface area contributed by atoms with Gasteiger partial charge >= 0.3 is 0 Å². The number of nitrogens with one attached hydrogen (secondary N) is 1. The van der Waals surface area contributed by atoms with Crippen LogP contribution < -0.4 is 5.32 Å². The molecule has 1 aromatic carbocycles. The number of fused-ring (bicyclic) bond motifs is 1. The molecular formula is C10H12N2S. The van der Waals surface area contributed by atoms with E-state index >= 15 is 0 Å². The highest BCUT2D eigenvalue weighted by molar-refractivity contribution is 7.18. The van der Waals surface area contributed by atoms with Gasteiger partial charge in [-0.25, -0.2) is 4.98 Å². The molecule has 0 fully saturated rings. The molecule has 0 saturated heterocycles. The average molecular weight is 192 g/mol. The molecule has 0 aliphatic carbocycles. The van der Waals surface area contributed by atoms with E-state index in [1.54, 1.807) is 11.3 Å². The second-order valence-electron chi connectivity index (χ2n) is 2.86. The van der Waals surface area contributed by atoms with Crippen molar-refractivity contribution in [3.05, 3.63) is 29.3 Å². The zero-order valence-electron chi connectivity index (χ0n) is 7.58. The summed E-state index contributed by atoms with van der Waals surface area (Å²) in [5.74, 6) is 0. The molecule has 2 nitrogen and oxygen atoms in total. The topological polar surface area (TPSA) is 24.9 Å². The summed E-state index contributed by atoms with van der Waals surface area (Å²) < 4.78 is 1.27. The molecule has 1 aromatic heterocycles. The predicted molar refractivity (Wildman–Crippen MR) is 57.0 cm³/mol. The Bertz CT molecular complexity index is 361. The Hall–Kier alpha value is -0.930. The zero-order valence-corrected chi connectivity index (χ0v) is 8.40. The van der Waals surface area contributed by atoms with Crippen molar-refractivity contribution in [1.29, 1.82) is 0 Å². The van der Waals surface area contributed by atoms with Crippen LogP contribution in [0.4, 0.5) is 0 Å². The van der Waals surface area contributed by atoms with Crippen LogP contribution in [0.3, 0.4) is 0 Å². The molecule has 68 valence electrons. The van der Waals surface area contributed by atoms with Crippen molar-refractivity contribution in [1.82, 2.24) is 10.3 Å². The van der Waals surface area contributed by atoms with Gasteiger partial charge in [0.05, 0.1) is 10.2 Å². The molecule has 0 bridgehead atoms. The van der Waals surface area contributed by atoms with E-state index in [2.05, 4.69) is 35.4 Å². The number of aromatic nitrogens is 1. The average Bonchev–Trinajstić information content (AvgIpc) is 2.57. The minimum absolute atomic E-state index is 0.885. The van der Waals surface area contributed by atoms with Crippen LogP contribution in [0.25, 0.3) is 10.2 Å². The number of benzene rings is 1. The highest BCUT2D eigenvalue weighted by atomic mass is 32.1. The van der Waals surface area contributed by atoms with Crippen LogP contribution in [0.1, 0.15) is 11.9 Å². The molecule has 1 heterocycles. The monoisotopic (exact) mass is 192 g/mol. The van der Waals surface area contributed by atoms with Crippen molar-refractivity contribution in [2.45, 2.75) is 13.5 Å². The highest BCUT2D eigenvalue weighted by Crippen LogP contribution is 2.20. The van der Waals surface area contributed by atoms with Gasteiger partial charge in [0, 0.05) is 6.54 Å². The lowest BCUT2D eigenvalue weighted by Crippen LogP contribution is -2.11. The third-order valence-corrected chi connectivity index (χ3v) is 2.90. The standard InChI is InChI=1S/C10H12N2S/c1-2-11-7-10-12-8-5-3-4-6-9(8)13-10/h3-6,11H,2,7H2,1H3. The van der Waals surface area contributed by atoms with Gasteiger partial charge in [-0.05, 0) is 18.7 Å². The van der Waals surface area contributed by atoms with Crippen molar-refractivity contribution in [3.63, 3.8) is 0 Å². The maximum atomic E-state index is 4.51. The summed E-state index contributed by atoms with van der Waals surface area (Å²) in [5.41, 5.74) is 1.11. The number of hydrogen-bond donors (Lipinski definition) is 1. The van der Waals surface area contributed by atoms with Crippen LogP contribution in [0.5, 0.6) is 0 Å². The van der Waals surface area contributed by atoms with E-state index in [0.29, 0.717) is 0 Å². The van der Waals surface area contributed by atoms with E-state index in [0.717, 1.165) is 18.6 Å². The summed E-state index contributed by atoms with van der Waals surface area (Å²) in [6.07, 6.45) is 0.